The van der Waals surface area contributed by atoms with Crippen molar-refractivity contribution >= 4 is 22.9 Å². The number of amides is 1. The van der Waals surface area contributed by atoms with Gasteiger partial charge in [-0.3, -0.25) is 9.59 Å². The van der Waals surface area contributed by atoms with Crippen molar-refractivity contribution in [1.82, 2.24) is 4.40 Å². The second-order valence-electron chi connectivity index (χ2n) is 6.75. The molecule has 2 aromatic carbocycles. The van der Waals surface area contributed by atoms with Gasteiger partial charge in [0.1, 0.15) is 11.4 Å². The van der Waals surface area contributed by atoms with Crippen LogP contribution in [-0.2, 0) is 4.79 Å². The average molecular weight is 384 g/mol. The molecule has 0 aliphatic heterocycles. The van der Waals surface area contributed by atoms with Crippen LogP contribution in [0.1, 0.15) is 16.1 Å². The molecule has 1 N–H and O–H groups in total. The van der Waals surface area contributed by atoms with E-state index >= 15 is 0 Å². The van der Waals surface area contributed by atoms with Gasteiger partial charge in [0.15, 0.2) is 0 Å². The zero-order chi connectivity index (χ0) is 20.4. The van der Waals surface area contributed by atoms with E-state index in [1.807, 2.05) is 55.5 Å². The van der Waals surface area contributed by atoms with Crippen molar-refractivity contribution in [1.29, 1.82) is 0 Å². The highest BCUT2D eigenvalue weighted by atomic mass is 16.5. The molecule has 0 aliphatic rings. The van der Waals surface area contributed by atoms with E-state index in [-0.39, 0.29) is 0 Å². The van der Waals surface area contributed by atoms with Crippen LogP contribution in [0.4, 0.5) is 5.69 Å². The van der Waals surface area contributed by atoms with Gasteiger partial charge in [0.2, 0.25) is 0 Å². The molecule has 5 heteroatoms. The number of aromatic nitrogens is 1. The Bertz CT molecular complexity index is 1210. The van der Waals surface area contributed by atoms with Gasteiger partial charge in [-0.1, -0.05) is 48.0 Å². The quantitative estimate of drug-likeness (QED) is 0.399. The lowest BCUT2D eigenvalue weighted by molar-refractivity contribution is -0.112. The maximum atomic E-state index is 13.2. The molecule has 0 bridgehead atoms. The Morgan fingerprint density at radius 1 is 0.931 bits per heavy atom. The maximum absolute atomic E-state index is 13.2. The molecule has 0 saturated carbocycles. The third kappa shape index (κ3) is 3.50. The Kier molecular flexibility index (Phi) is 4.87. The van der Waals surface area contributed by atoms with E-state index in [1.54, 1.807) is 34.9 Å². The number of fused-ring (bicyclic) bond motifs is 1. The van der Waals surface area contributed by atoms with Gasteiger partial charge in [0.25, 0.3) is 11.7 Å². The van der Waals surface area contributed by atoms with Gasteiger partial charge in [-0.15, -0.1) is 0 Å². The molecule has 5 nitrogen and oxygen atoms in total. The molecule has 4 rings (SSSR count). The highest BCUT2D eigenvalue weighted by Gasteiger charge is 2.25. The van der Waals surface area contributed by atoms with Crippen molar-refractivity contribution in [2.75, 3.05) is 12.4 Å². The minimum absolute atomic E-state index is 0.330. The van der Waals surface area contributed by atoms with Crippen molar-refractivity contribution in [3.8, 4) is 16.9 Å². The van der Waals surface area contributed by atoms with Crippen molar-refractivity contribution in [3.05, 3.63) is 90.3 Å². The average Bonchev–Trinajstić information content (AvgIpc) is 3.13. The molecule has 2 heterocycles. The molecule has 0 unspecified atom stereocenters. The first-order valence-electron chi connectivity index (χ1n) is 9.24. The van der Waals surface area contributed by atoms with E-state index in [2.05, 4.69) is 5.32 Å². The summed E-state index contributed by atoms with van der Waals surface area (Å²) >= 11 is 0. The number of hydrogen-bond donors (Lipinski definition) is 1. The molecule has 0 atom stereocenters. The highest BCUT2D eigenvalue weighted by Crippen LogP contribution is 2.29. The Morgan fingerprint density at radius 3 is 2.41 bits per heavy atom. The number of anilines is 1. The Balaban J connectivity index is 1.78. The van der Waals surface area contributed by atoms with E-state index in [9.17, 15) is 9.59 Å². The molecule has 0 saturated heterocycles. The van der Waals surface area contributed by atoms with Crippen LogP contribution in [0.5, 0.6) is 5.75 Å². The molecule has 2 aromatic heterocycles. The SMILES string of the molecule is COc1ccccc1NC(=O)C(=O)c1c(-c2ccc(C)cc2)cc2ccccn12. The zero-order valence-corrected chi connectivity index (χ0v) is 16.2. The smallest absolute Gasteiger partial charge is 0.298 e. The summed E-state index contributed by atoms with van der Waals surface area (Å²) in [6.45, 7) is 2.01. The summed E-state index contributed by atoms with van der Waals surface area (Å²) < 4.78 is 7.01. The summed E-state index contributed by atoms with van der Waals surface area (Å²) in [4.78, 5) is 26.0. The number of rotatable bonds is 5. The van der Waals surface area contributed by atoms with Crippen LogP contribution in [0, 0.1) is 6.92 Å². The van der Waals surface area contributed by atoms with Crippen molar-refractivity contribution in [2.45, 2.75) is 6.92 Å². The molecular weight excluding hydrogens is 364 g/mol. The fourth-order valence-electron chi connectivity index (χ4n) is 3.34. The van der Waals surface area contributed by atoms with Crippen LogP contribution in [0.25, 0.3) is 16.6 Å². The number of aryl methyl sites for hydroxylation is 1. The highest BCUT2D eigenvalue weighted by molar-refractivity contribution is 6.47. The second-order valence-corrected chi connectivity index (χ2v) is 6.75. The third-order valence-corrected chi connectivity index (χ3v) is 4.82. The minimum Gasteiger partial charge on any atom is -0.495 e. The number of carbonyl (C=O) groups excluding carboxylic acids is 2. The van der Waals surface area contributed by atoms with E-state index in [4.69, 9.17) is 4.74 Å². The van der Waals surface area contributed by atoms with Crippen molar-refractivity contribution < 1.29 is 14.3 Å². The van der Waals surface area contributed by atoms with E-state index in [1.165, 1.54) is 7.11 Å². The van der Waals surface area contributed by atoms with Gasteiger partial charge in [0, 0.05) is 17.3 Å². The van der Waals surface area contributed by atoms with Crippen LogP contribution in [0.2, 0.25) is 0 Å². The molecule has 0 spiro atoms. The number of methoxy groups -OCH3 is 1. The zero-order valence-electron chi connectivity index (χ0n) is 16.2. The molecule has 29 heavy (non-hydrogen) atoms. The standard InChI is InChI=1S/C24H20N2O3/c1-16-10-12-17(13-11-16)19-15-18-7-5-6-14-26(18)22(19)23(27)24(28)25-20-8-3-4-9-21(20)29-2/h3-15H,1-2H3,(H,25,28). The first kappa shape index (κ1) is 18.5. The van der Waals surface area contributed by atoms with E-state index in [0.717, 1.165) is 22.2 Å². The second kappa shape index (κ2) is 7.64. The number of carbonyl (C=O) groups is 2. The monoisotopic (exact) mass is 384 g/mol. The number of nitrogens with one attached hydrogen (secondary N) is 1. The van der Waals surface area contributed by atoms with Crippen molar-refractivity contribution in [2.24, 2.45) is 0 Å². The van der Waals surface area contributed by atoms with Crippen LogP contribution < -0.4 is 10.1 Å². The number of pyridine rings is 1. The molecule has 0 fully saturated rings. The lowest BCUT2D eigenvalue weighted by Crippen LogP contribution is -2.24. The van der Waals surface area contributed by atoms with E-state index < -0.39 is 11.7 Å². The van der Waals surface area contributed by atoms with Crippen LogP contribution in [-0.4, -0.2) is 23.2 Å². The van der Waals surface area contributed by atoms with Gasteiger partial charge in [-0.05, 0) is 42.8 Å². The lowest BCUT2D eigenvalue weighted by Gasteiger charge is -2.10. The summed E-state index contributed by atoms with van der Waals surface area (Å²) in [5.74, 6) is -0.836. The Hall–Kier alpha value is -3.86. The van der Waals surface area contributed by atoms with Crippen LogP contribution >= 0.6 is 0 Å². The topological polar surface area (TPSA) is 59.8 Å². The molecule has 0 aliphatic carbocycles. The largest absolute Gasteiger partial charge is 0.495 e. The van der Waals surface area contributed by atoms with Crippen LogP contribution in [0.15, 0.2) is 79.0 Å². The summed E-state index contributed by atoms with van der Waals surface area (Å²) in [6.07, 6.45) is 1.79. The van der Waals surface area contributed by atoms with Gasteiger partial charge in [-0.25, -0.2) is 0 Å². The maximum Gasteiger partial charge on any atom is 0.298 e. The number of Topliss-reactive ketones (excluding diaryl/α,β-unsaturated/α-hetero) is 1. The van der Waals surface area contributed by atoms with Crippen LogP contribution in [0.3, 0.4) is 0 Å². The number of ketones is 1. The van der Waals surface area contributed by atoms with Gasteiger partial charge in [0.05, 0.1) is 12.8 Å². The molecule has 0 radical (unpaired) electrons. The first-order valence-corrected chi connectivity index (χ1v) is 9.24. The summed E-state index contributed by atoms with van der Waals surface area (Å²) in [7, 11) is 1.52. The number of para-hydroxylation sites is 2. The van der Waals surface area contributed by atoms with E-state index in [0.29, 0.717) is 17.1 Å². The summed E-state index contributed by atoms with van der Waals surface area (Å²) in [6, 6.07) is 22.4. The predicted molar refractivity (Wildman–Crippen MR) is 114 cm³/mol. The Morgan fingerprint density at radius 2 is 1.66 bits per heavy atom. The fourth-order valence-corrected chi connectivity index (χ4v) is 3.34. The minimum atomic E-state index is -0.716. The number of nitrogens with zero attached hydrogens (tertiary/aromatic N) is 1. The number of benzene rings is 2. The van der Waals surface area contributed by atoms with Crippen molar-refractivity contribution in [3.63, 3.8) is 0 Å². The number of hydrogen-bond acceptors (Lipinski definition) is 3. The molecular formula is C24H20N2O3. The fraction of sp³-hybridized carbons (Fsp3) is 0.0833. The van der Waals surface area contributed by atoms with Gasteiger partial charge >= 0.3 is 0 Å². The molecule has 1 amide bonds. The predicted octanol–water partition coefficient (Wildman–Crippen LogP) is 4.74. The Labute approximate surface area is 168 Å². The third-order valence-electron chi connectivity index (χ3n) is 4.82. The normalized spacial score (nSPS) is 10.7. The lowest BCUT2D eigenvalue weighted by atomic mass is 10.0. The summed E-state index contributed by atoms with van der Waals surface area (Å²) in [5.41, 5.74) is 4.35. The molecule has 4 aromatic rings. The molecule has 144 valence electrons. The van der Waals surface area contributed by atoms with Gasteiger partial charge in [-0.2, -0.15) is 0 Å². The number of ether oxygens (including phenoxy) is 1. The van der Waals surface area contributed by atoms with Gasteiger partial charge < -0.3 is 14.5 Å². The first-order chi connectivity index (χ1) is 14.1. The summed E-state index contributed by atoms with van der Waals surface area (Å²) in [5, 5.41) is 2.68.